The van der Waals surface area contributed by atoms with E-state index < -0.39 is 0 Å². The number of nitrogens with zero attached hydrogens (tertiary/aromatic N) is 2. The molecule has 96 valence electrons. The lowest BCUT2D eigenvalue weighted by atomic mass is 10.5. The van der Waals surface area contributed by atoms with Crippen LogP contribution in [0.1, 0.15) is 26.2 Å². The van der Waals surface area contributed by atoms with Crippen molar-refractivity contribution in [3.05, 3.63) is 5.89 Å². The molecule has 0 radical (unpaired) electrons. The van der Waals surface area contributed by atoms with E-state index in [-0.39, 0.29) is 11.2 Å². The van der Waals surface area contributed by atoms with E-state index in [9.17, 15) is 4.79 Å². The van der Waals surface area contributed by atoms with Crippen molar-refractivity contribution in [2.75, 3.05) is 12.9 Å². The topological polar surface area (TPSA) is 65.2 Å². The molecule has 0 fully saturated rings. The summed E-state index contributed by atoms with van der Waals surface area (Å²) in [5.41, 5.74) is 0. The molecule has 1 unspecified atom stereocenters. The SMILES string of the molecule is CCCOC(=O)C(C)Sc1nnc(CSC)o1. The van der Waals surface area contributed by atoms with Gasteiger partial charge in [-0.05, 0) is 19.6 Å². The zero-order valence-electron chi connectivity index (χ0n) is 10.1. The highest BCUT2D eigenvalue weighted by molar-refractivity contribution is 8.00. The van der Waals surface area contributed by atoms with Gasteiger partial charge in [0.05, 0.1) is 12.4 Å². The molecule has 0 bridgehead atoms. The molecule has 0 aromatic carbocycles. The van der Waals surface area contributed by atoms with Crippen LogP contribution in [0.4, 0.5) is 0 Å². The van der Waals surface area contributed by atoms with Crippen molar-refractivity contribution >= 4 is 29.5 Å². The average molecular weight is 276 g/mol. The molecule has 0 aliphatic rings. The maximum absolute atomic E-state index is 11.5. The molecular formula is C10H16N2O3S2. The van der Waals surface area contributed by atoms with Crippen molar-refractivity contribution in [3.8, 4) is 0 Å². The van der Waals surface area contributed by atoms with Gasteiger partial charge in [0.25, 0.3) is 5.22 Å². The van der Waals surface area contributed by atoms with Crippen molar-refractivity contribution in [2.24, 2.45) is 0 Å². The van der Waals surface area contributed by atoms with Crippen LogP contribution in [0.5, 0.6) is 0 Å². The Kier molecular flexibility index (Phi) is 6.43. The normalized spacial score (nSPS) is 12.4. The Morgan fingerprint density at radius 1 is 1.53 bits per heavy atom. The molecule has 1 rings (SSSR count). The van der Waals surface area contributed by atoms with Crippen LogP contribution in [-0.4, -0.2) is 34.3 Å². The van der Waals surface area contributed by atoms with E-state index in [4.69, 9.17) is 9.15 Å². The van der Waals surface area contributed by atoms with E-state index in [1.807, 2.05) is 13.2 Å². The molecular weight excluding hydrogens is 260 g/mol. The fourth-order valence-electron chi connectivity index (χ4n) is 0.987. The molecule has 1 atom stereocenters. The number of thioether (sulfide) groups is 2. The summed E-state index contributed by atoms with van der Waals surface area (Å²) >= 11 is 2.83. The van der Waals surface area contributed by atoms with Crippen LogP contribution in [0.3, 0.4) is 0 Å². The van der Waals surface area contributed by atoms with Gasteiger partial charge in [-0.15, -0.1) is 10.2 Å². The van der Waals surface area contributed by atoms with E-state index in [1.165, 1.54) is 11.8 Å². The molecule has 0 saturated heterocycles. The van der Waals surface area contributed by atoms with Crippen molar-refractivity contribution in [3.63, 3.8) is 0 Å². The summed E-state index contributed by atoms with van der Waals surface area (Å²) in [6.07, 6.45) is 2.78. The van der Waals surface area contributed by atoms with Gasteiger partial charge < -0.3 is 9.15 Å². The number of rotatable bonds is 7. The average Bonchev–Trinajstić information content (AvgIpc) is 2.74. The summed E-state index contributed by atoms with van der Waals surface area (Å²) in [4.78, 5) is 11.5. The van der Waals surface area contributed by atoms with E-state index in [0.717, 1.165) is 6.42 Å². The Hall–Kier alpha value is -0.690. The van der Waals surface area contributed by atoms with Crippen LogP contribution in [-0.2, 0) is 15.3 Å². The first-order valence-corrected chi connectivity index (χ1v) is 7.59. The molecule has 17 heavy (non-hydrogen) atoms. The van der Waals surface area contributed by atoms with Gasteiger partial charge >= 0.3 is 5.97 Å². The molecule has 7 heteroatoms. The van der Waals surface area contributed by atoms with Crippen LogP contribution in [0.2, 0.25) is 0 Å². The molecule has 0 spiro atoms. The molecule has 0 saturated carbocycles. The van der Waals surface area contributed by atoms with E-state index in [1.54, 1.807) is 18.7 Å². The Bertz CT molecular complexity index is 357. The summed E-state index contributed by atoms with van der Waals surface area (Å²) < 4.78 is 10.4. The Balaban J connectivity index is 2.43. The Morgan fingerprint density at radius 2 is 2.29 bits per heavy atom. The lowest BCUT2D eigenvalue weighted by Gasteiger charge is -2.07. The van der Waals surface area contributed by atoms with Gasteiger partial charge in [0.1, 0.15) is 5.25 Å². The molecule has 0 amide bonds. The molecule has 0 aliphatic carbocycles. The van der Waals surface area contributed by atoms with Gasteiger partial charge in [-0.25, -0.2) is 0 Å². The minimum Gasteiger partial charge on any atom is -0.465 e. The van der Waals surface area contributed by atoms with E-state index in [2.05, 4.69) is 10.2 Å². The highest BCUT2D eigenvalue weighted by atomic mass is 32.2. The lowest BCUT2D eigenvalue weighted by Crippen LogP contribution is -2.17. The number of hydrogen-bond donors (Lipinski definition) is 0. The number of aromatic nitrogens is 2. The second kappa shape index (κ2) is 7.60. The summed E-state index contributed by atoms with van der Waals surface area (Å²) in [6.45, 7) is 4.17. The fourth-order valence-corrected chi connectivity index (χ4v) is 2.05. The van der Waals surface area contributed by atoms with E-state index in [0.29, 0.717) is 23.5 Å². The third-order valence-corrected chi connectivity index (χ3v) is 3.22. The summed E-state index contributed by atoms with van der Waals surface area (Å²) in [6, 6.07) is 0. The smallest absolute Gasteiger partial charge is 0.319 e. The largest absolute Gasteiger partial charge is 0.465 e. The second-order valence-electron chi connectivity index (χ2n) is 3.32. The minimum absolute atomic E-state index is 0.249. The molecule has 1 aromatic rings. The monoisotopic (exact) mass is 276 g/mol. The predicted molar refractivity (Wildman–Crippen MR) is 68.1 cm³/mol. The number of hydrogen-bond acceptors (Lipinski definition) is 7. The van der Waals surface area contributed by atoms with Crippen LogP contribution in [0.25, 0.3) is 0 Å². The summed E-state index contributed by atoms with van der Waals surface area (Å²) in [5, 5.41) is 7.82. The number of carbonyl (C=O) groups is 1. The maximum atomic E-state index is 11.5. The Labute approximate surface area is 109 Å². The van der Waals surface area contributed by atoms with Crippen LogP contribution in [0, 0.1) is 0 Å². The first-order chi connectivity index (χ1) is 8.17. The van der Waals surface area contributed by atoms with E-state index >= 15 is 0 Å². The summed E-state index contributed by atoms with van der Waals surface area (Å²) in [7, 11) is 0. The highest BCUT2D eigenvalue weighted by Crippen LogP contribution is 2.23. The number of ether oxygens (including phenoxy) is 1. The quantitative estimate of drug-likeness (QED) is 0.559. The lowest BCUT2D eigenvalue weighted by molar-refractivity contribution is -0.142. The van der Waals surface area contributed by atoms with Gasteiger partial charge in [-0.3, -0.25) is 4.79 Å². The second-order valence-corrected chi connectivity index (χ2v) is 5.48. The Morgan fingerprint density at radius 3 is 2.94 bits per heavy atom. The fraction of sp³-hybridized carbons (Fsp3) is 0.700. The zero-order valence-corrected chi connectivity index (χ0v) is 11.8. The zero-order chi connectivity index (χ0) is 12.7. The van der Waals surface area contributed by atoms with Crippen molar-refractivity contribution in [1.82, 2.24) is 10.2 Å². The molecule has 1 aromatic heterocycles. The van der Waals surface area contributed by atoms with Gasteiger partial charge in [0.15, 0.2) is 0 Å². The van der Waals surface area contributed by atoms with Gasteiger partial charge in [0, 0.05) is 0 Å². The first-order valence-electron chi connectivity index (χ1n) is 5.32. The molecule has 0 aliphatic heterocycles. The van der Waals surface area contributed by atoms with Crippen LogP contribution in [0.15, 0.2) is 9.64 Å². The van der Waals surface area contributed by atoms with Crippen molar-refractivity contribution in [2.45, 2.75) is 36.5 Å². The highest BCUT2D eigenvalue weighted by Gasteiger charge is 2.19. The predicted octanol–water partition coefficient (Wildman–Crippen LogP) is 2.37. The summed E-state index contributed by atoms with van der Waals surface area (Å²) in [5.74, 6) is 1.01. The third kappa shape index (κ3) is 4.99. The third-order valence-electron chi connectivity index (χ3n) is 1.77. The van der Waals surface area contributed by atoms with Crippen LogP contribution < -0.4 is 0 Å². The molecule has 0 N–H and O–H groups in total. The maximum Gasteiger partial charge on any atom is 0.319 e. The van der Waals surface area contributed by atoms with Gasteiger partial charge in [0.2, 0.25) is 5.89 Å². The standard InChI is InChI=1S/C10H16N2O3S2/c1-4-5-14-9(13)7(2)17-10-12-11-8(15-10)6-16-3/h7H,4-6H2,1-3H3. The molecule has 5 nitrogen and oxygen atoms in total. The van der Waals surface area contributed by atoms with Crippen molar-refractivity contribution < 1.29 is 13.9 Å². The first kappa shape index (κ1) is 14.4. The van der Waals surface area contributed by atoms with Gasteiger partial charge in [-0.2, -0.15) is 11.8 Å². The van der Waals surface area contributed by atoms with Gasteiger partial charge in [-0.1, -0.05) is 18.7 Å². The minimum atomic E-state index is -0.330. The number of carbonyl (C=O) groups excluding carboxylic acids is 1. The number of esters is 1. The van der Waals surface area contributed by atoms with Crippen LogP contribution >= 0.6 is 23.5 Å². The van der Waals surface area contributed by atoms with Crippen molar-refractivity contribution in [1.29, 1.82) is 0 Å². The molecule has 1 heterocycles.